The molecule has 4 nitrogen and oxygen atoms in total. The van der Waals surface area contributed by atoms with Gasteiger partial charge in [-0.1, -0.05) is 13.8 Å². The summed E-state index contributed by atoms with van der Waals surface area (Å²) in [6.07, 6.45) is 3.33. The van der Waals surface area contributed by atoms with Crippen molar-refractivity contribution in [1.82, 2.24) is 5.32 Å². The van der Waals surface area contributed by atoms with Gasteiger partial charge in [-0.05, 0) is 49.3 Å². The Hall–Kier alpha value is -1.71. The van der Waals surface area contributed by atoms with Crippen molar-refractivity contribution < 1.29 is 9.90 Å². The van der Waals surface area contributed by atoms with Crippen molar-refractivity contribution in [3.05, 3.63) is 23.8 Å². The second-order valence-corrected chi connectivity index (χ2v) is 5.75. The largest absolute Gasteiger partial charge is 0.506 e. The molecule has 1 aliphatic carbocycles. The van der Waals surface area contributed by atoms with E-state index in [0.717, 1.165) is 25.2 Å². The van der Waals surface area contributed by atoms with Crippen molar-refractivity contribution >= 4 is 11.6 Å². The molecule has 0 spiro atoms. The summed E-state index contributed by atoms with van der Waals surface area (Å²) < 4.78 is 0. The second kappa shape index (κ2) is 5.51. The predicted molar refractivity (Wildman–Crippen MR) is 76.0 cm³/mol. The van der Waals surface area contributed by atoms with E-state index < -0.39 is 0 Å². The van der Waals surface area contributed by atoms with Crippen LogP contribution in [0.2, 0.25) is 0 Å². The van der Waals surface area contributed by atoms with Gasteiger partial charge in [-0.2, -0.15) is 0 Å². The third-order valence-corrected chi connectivity index (χ3v) is 4.04. The number of nitrogens with two attached hydrogens (primary N) is 1. The van der Waals surface area contributed by atoms with Crippen LogP contribution in [0.15, 0.2) is 18.2 Å². The number of aromatic hydroxyl groups is 1. The lowest BCUT2D eigenvalue weighted by Gasteiger charge is -2.33. The normalized spacial score (nSPS) is 26.9. The molecule has 0 heterocycles. The number of benzene rings is 1. The topological polar surface area (TPSA) is 75.4 Å². The van der Waals surface area contributed by atoms with Crippen LogP contribution in [0.4, 0.5) is 5.69 Å². The van der Waals surface area contributed by atoms with Gasteiger partial charge in [-0.25, -0.2) is 0 Å². The Morgan fingerprint density at radius 3 is 2.74 bits per heavy atom. The Bertz CT molecular complexity index is 473. The number of carbonyl (C=O) groups excluding carboxylic acids is 1. The van der Waals surface area contributed by atoms with Crippen LogP contribution in [0.25, 0.3) is 0 Å². The monoisotopic (exact) mass is 262 g/mol. The minimum atomic E-state index is -0.137. The van der Waals surface area contributed by atoms with E-state index >= 15 is 0 Å². The molecule has 1 aromatic rings. The predicted octanol–water partition coefficient (Wildman–Crippen LogP) is 2.53. The van der Waals surface area contributed by atoms with Gasteiger partial charge in [-0.15, -0.1) is 0 Å². The zero-order valence-electron chi connectivity index (χ0n) is 11.5. The minimum Gasteiger partial charge on any atom is -0.506 e. The summed E-state index contributed by atoms with van der Waals surface area (Å²) in [6.45, 7) is 4.44. The van der Waals surface area contributed by atoms with Crippen LogP contribution >= 0.6 is 0 Å². The maximum atomic E-state index is 12.1. The number of phenolic OH excluding ortho intramolecular Hbond substituents is 1. The van der Waals surface area contributed by atoms with Gasteiger partial charge in [0.15, 0.2) is 0 Å². The van der Waals surface area contributed by atoms with Gasteiger partial charge >= 0.3 is 0 Å². The summed E-state index contributed by atoms with van der Waals surface area (Å²) in [7, 11) is 0. The van der Waals surface area contributed by atoms with E-state index in [-0.39, 0.29) is 23.4 Å². The Morgan fingerprint density at radius 1 is 1.37 bits per heavy atom. The lowest BCUT2D eigenvalue weighted by molar-refractivity contribution is 0.0899. The first-order chi connectivity index (χ1) is 8.97. The molecule has 0 radical (unpaired) electrons. The molecule has 1 amide bonds. The van der Waals surface area contributed by atoms with Crippen LogP contribution in [-0.4, -0.2) is 17.1 Å². The van der Waals surface area contributed by atoms with Crippen LogP contribution in [0, 0.1) is 11.8 Å². The minimum absolute atomic E-state index is 0.0436. The van der Waals surface area contributed by atoms with Gasteiger partial charge in [0.25, 0.3) is 5.91 Å². The van der Waals surface area contributed by atoms with E-state index in [4.69, 9.17) is 5.73 Å². The van der Waals surface area contributed by atoms with Gasteiger partial charge in [0.2, 0.25) is 0 Å². The van der Waals surface area contributed by atoms with Gasteiger partial charge in [0.05, 0.1) is 5.69 Å². The van der Waals surface area contributed by atoms with Crippen LogP contribution in [0.1, 0.15) is 43.5 Å². The van der Waals surface area contributed by atoms with Crippen molar-refractivity contribution in [2.75, 3.05) is 5.73 Å². The fourth-order valence-corrected chi connectivity index (χ4v) is 2.82. The number of hydrogen-bond donors (Lipinski definition) is 3. The summed E-state index contributed by atoms with van der Waals surface area (Å²) in [5.74, 6) is 1.05. The van der Waals surface area contributed by atoms with Crippen molar-refractivity contribution in [3.8, 4) is 5.75 Å². The molecule has 1 aromatic carbocycles. The first-order valence-corrected chi connectivity index (χ1v) is 6.86. The molecular formula is C15H22N2O2. The molecular weight excluding hydrogens is 240 g/mol. The molecule has 1 saturated carbocycles. The molecule has 0 bridgehead atoms. The fraction of sp³-hybridized carbons (Fsp3) is 0.533. The Balaban J connectivity index is 2.02. The highest BCUT2D eigenvalue weighted by Gasteiger charge is 2.26. The van der Waals surface area contributed by atoms with Crippen molar-refractivity contribution in [3.63, 3.8) is 0 Å². The van der Waals surface area contributed by atoms with E-state index in [1.165, 1.54) is 6.07 Å². The number of amides is 1. The van der Waals surface area contributed by atoms with Crippen molar-refractivity contribution in [2.24, 2.45) is 11.8 Å². The summed E-state index contributed by atoms with van der Waals surface area (Å²) in [6, 6.07) is 4.83. The fourth-order valence-electron chi connectivity index (χ4n) is 2.82. The number of hydrogen-bond acceptors (Lipinski definition) is 3. The van der Waals surface area contributed by atoms with E-state index in [1.807, 2.05) is 0 Å². The Labute approximate surface area is 114 Å². The van der Waals surface area contributed by atoms with Crippen molar-refractivity contribution in [2.45, 2.75) is 39.2 Å². The molecule has 0 aromatic heterocycles. The number of anilines is 1. The van der Waals surface area contributed by atoms with Crippen LogP contribution in [0.3, 0.4) is 0 Å². The number of nitrogen functional groups attached to an aromatic ring is 1. The first kappa shape index (κ1) is 13.7. The highest BCUT2D eigenvalue weighted by Crippen LogP contribution is 2.29. The van der Waals surface area contributed by atoms with E-state index in [1.54, 1.807) is 12.1 Å². The van der Waals surface area contributed by atoms with E-state index in [9.17, 15) is 9.90 Å². The molecule has 104 valence electrons. The Morgan fingerprint density at radius 2 is 2.11 bits per heavy atom. The van der Waals surface area contributed by atoms with Gasteiger partial charge in [0.1, 0.15) is 5.75 Å². The smallest absolute Gasteiger partial charge is 0.251 e. The molecule has 4 heteroatoms. The molecule has 19 heavy (non-hydrogen) atoms. The van der Waals surface area contributed by atoms with Gasteiger partial charge < -0.3 is 16.2 Å². The summed E-state index contributed by atoms with van der Waals surface area (Å²) in [5, 5.41) is 12.6. The molecule has 2 rings (SSSR count). The highest BCUT2D eigenvalue weighted by molar-refractivity contribution is 5.95. The average molecular weight is 262 g/mol. The zero-order valence-corrected chi connectivity index (χ0v) is 11.5. The quantitative estimate of drug-likeness (QED) is 0.566. The van der Waals surface area contributed by atoms with Crippen LogP contribution in [-0.2, 0) is 0 Å². The first-order valence-electron chi connectivity index (χ1n) is 6.86. The SMILES string of the molecule is CC1CCC(NC(=O)c2ccc(N)c(O)c2)C(C)C1. The molecule has 3 atom stereocenters. The molecule has 1 fully saturated rings. The highest BCUT2D eigenvalue weighted by atomic mass is 16.3. The zero-order chi connectivity index (χ0) is 14.0. The van der Waals surface area contributed by atoms with Gasteiger partial charge in [-0.3, -0.25) is 4.79 Å². The molecule has 1 aliphatic rings. The summed E-state index contributed by atoms with van der Waals surface area (Å²) in [5.41, 5.74) is 6.27. The molecule has 0 aliphatic heterocycles. The number of phenols is 1. The van der Waals surface area contributed by atoms with Gasteiger partial charge in [0, 0.05) is 11.6 Å². The standard InChI is InChI=1S/C15H22N2O2/c1-9-3-6-13(10(2)7-9)17-15(19)11-4-5-12(16)14(18)8-11/h4-5,8-10,13,18H,3,6-7,16H2,1-2H3,(H,17,19). The third kappa shape index (κ3) is 3.19. The second-order valence-electron chi connectivity index (χ2n) is 5.75. The lowest BCUT2D eigenvalue weighted by atomic mass is 9.80. The van der Waals surface area contributed by atoms with E-state index in [2.05, 4.69) is 19.2 Å². The maximum absolute atomic E-state index is 12.1. The molecule has 0 saturated heterocycles. The summed E-state index contributed by atoms with van der Waals surface area (Å²) in [4.78, 5) is 12.1. The maximum Gasteiger partial charge on any atom is 0.251 e. The lowest BCUT2D eigenvalue weighted by Crippen LogP contribution is -2.42. The van der Waals surface area contributed by atoms with Crippen LogP contribution < -0.4 is 11.1 Å². The number of rotatable bonds is 2. The van der Waals surface area contributed by atoms with Crippen LogP contribution in [0.5, 0.6) is 5.75 Å². The number of carbonyl (C=O) groups is 1. The molecule has 3 unspecified atom stereocenters. The molecule has 4 N–H and O–H groups in total. The third-order valence-electron chi connectivity index (χ3n) is 4.04. The summed E-state index contributed by atoms with van der Waals surface area (Å²) >= 11 is 0. The Kier molecular flexibility index (Phi) is 3.98. The van der Waals surface area contributed by atoms with E-state index in [0.29, 0.717) is 11.5 Å². The van der Waals surface area contributed by atoms with Crippen molar-refractivity contribution in [1.29, 1.82) is 0 Å². The number of nitrogens with one attached hydrogen (secondary N) is 1. The average Bonchev–Trinajstić information content (AvgIpc) is 2.36.